The fourth-order valence-electron chi connectivity index (χ4n) is 3.23. The van der Waals surface area contributed by atoms with E-state index in [9.17, 15) is 4.79 Å². The van der Waals surface area contributed by atoms with Crippen molar-refractivity contribution in [1.29, 1.82) is 0 Å². The number of fused-ring (bicyclic) bond motifs is 2. The van der Waals surface area contributed by atoms with Crippen LogP contribution in [0.3, 0.4) is 0 Å². The molecule has 1 aliphatic rings. The van der Waals surface area contributed by atoms with Crippen LogP contribution >= 0.6 is 11.3 Å². The third-order valence-electron chi connectivity index (χ3n) is 4.54. The van der Waals surface area contributed by atoms with Crippen LogP contribution in [0.1, 0.15) is 21.1 Å². The molecule has 0 bridgehead atoms. The van der Waals surface area contributed by atoms with Crippen molar-refractivity contribution < 1.29 is 4.79 Å². The number of nitrogens with one attached hydrogen (secondary N) is 1. The first kappa shape index (κ1) is 15.2. The number of rotatable bonds is 2. The van der Waals surface area contributed by atoms with Gasteiger partial charge in [0, 0.05) is 41.1 Å². The summed E-state index contributed by atoms with van der Waals surface area (Å²) >= 11 is 1.57. The van der Waals surface area contributed by atoms with Gasteiger partial charge in [-0.3, -0.25) is 4.79 Å². The van der Waals surface area contributed by atoms with Crippen molar-refractivity contribution in [3.63, 3.8) is 0 Å². The van der Waals surface area contributed by atoms with Gasteiger partial charge in [-0.25, -0.2) is 15.0 Å². The minimum absolute atomic E-state index is 0.0257. The van der Waals surface area contributed by atoms with E-state index in [1.807, 2.05) is 35.2 Å². The van der Waals surface area contributed by atoms with E-state index in [1.54, 1.807) is 29.8 Å². The van der Waals surface area contributed by atoms with Crippen molar-refractivity contribution in [3.8, 4) is 10.8 Å². The Morgan fingerprint density at radius 3 is 2.85 bits per heavy atom. The van der Waals surface area contributed by atoms with Crippen LogP contribution in [0.5, 0.6) is 0 Å². The first-order valence-corrected chi connectivity index (χ1v) is 9.22. The second-order valence-electron chi connectivity index (χ2n) is 6.21. The Kier molecular flexibility index (Phi) is 3.53. The molecule has 0 fully saturated rings. The van der Waals surface area contributed by atoms with Crippen molar-refractivity contribution >= 4 is 28.1 Å². The summed E-state index contributed by atoms with van der Waals surface area (Å²) in [5, 5.41) is 1.87. The van der Waals surface area contributed by atoms with Crippen LogP contribution in [-0.4, -0.2) is 37.3 Å². The van der Waals surface area contributed by atoms with Gasteiger partial charge in [-0.15, -0.1) is 11.3 Å². The Morgan fingerprint density at radius 2 is 2.00 bits per heavy atom. The summed E-state index contributed by atoms with van der Waals surface area (Å²) in [6.45, 7) is 1.24. The van der Waals surface area contributed by atoms with E-state index in [0.29, 0.717) is 24.6 Å². The summed E-state index contributed by atoms with van der Waals surface area (Å²) in [5.41, 5.74) is 2.67. The first-order chi connectivity index (χ1) is 12.8. The van der Waals surface area contributed by atoms with E-state index in [4.69, 9.17) is 0 Å². The number of amides is 1. The van der Waals surface area contributed by atoms with E-state index < -0.39 is 0 Å². The molecule has 0 aliphatic carbocycles. The summed E-state index contributed by atoms with van der Waals surface area (Å²) in [6.07, 6.45) is 4.19. The molecular formula is C19H15N5OS. The third-order valence-corrected chi connectivity index (χ3v) is 5.61. The van der Waals surface area contributed by atoms with Crippen LogP contribution in [0.25, 0.3) is 21.7 Å². The van der Waals surface area contributed by atoms with Gasteiger partial charge in [0.1, 0.15) is 5.69 Å². The van der Waals surface area contributed by atoms with Crippen molar-refractivity contribution in [2.45, 2.75) is 13.0 Å². The van der Waals surface area contributed by atoms with Gasteiger partial charge in [-0.05, 0) is 18.2 Å². The number of carbonyl (C=O) groups is 1. The zero-order valence-electron chi connectivity index (χ0n) is 13.8. The van der Waals surface area contributed by atoms with E-state index in [1.165, 1.54) is 0 Å². The normalized spacial score (nSPS) is 13.8. The van der Waals surface area contributed by atoms with Gasteiger partial charge in [-0.1, -0.05) is 18.2 Å². The first-order valence-electron chi connectivity index (χ1n) is 8.41. The Bertz CT molecular complexity index is 1070. The number of carbonyl (C=O) groups excluding carboxylic acids is 1. The van der Waals surface area contributed by atoms with Gasteiger partial charge in [0.15, 0.2) is 10.8 Å². The maximum atomic E-state index is 12.9. The Labute approximate surface area is 153 Å². The molecule has 1 aliphatic heterocycles. The molecule has 0 saturated heterocycles. The molecule has 0 saturated carbocycles. The lowest BCUT2D eigenvalue weighted by Crippen LogP contribution is -2.35. The number of hydrogen-bond donors (Lipinski definition) is 1. The molecule has 5 rings (SSSR count). The molecule has 6 nitrogen and oxygen atoms in total. The fourth-order valence-corrected chi connectivity index (χ4v) is 4.30. The van der Waals surface area contributed by atoms with Crippen LogP contribution in [0.15, 0.2) is 48.8 Å². The molecule has 0 unspecified atom stereocenters. The second-order valence-corrected chi connectivity index (χ2v) is 7.29. The summed E-state index contributed by atoms with van der Waals surface area (Å²) < 4.78 is 0. The zero-order chi connectivity index (χ0) is 17.5. The average molecular weight is 361 g/mol. The summed E-state index contributed by atoms with van der Waals surface area (Å²) in [4.78, 5) is 32.3. The molecule has 4 heterocycles. The zero-order valence-corrected chi connectivity index (χ0v) is 14.7. The summed E-state index contributed by atoms with van der Waals surface area (Å²) in [6, 6.07) is 11.6. The molecule has 0 atom stereocenters. The van der Waals surface area contributed by atoms with Crippen molar-refractivity contribution in [2.75, 3.05) is 6.54 Å². The lowest BCUT2D eigenvalue weighted by atomic mass is 10.1. The smallest absolute Gasteiger partial charge is 0.270 e. The molecular weight excluding hydrogens is 346 g/mol. The van der Waals surface area contributed by atoms with Gasteiger partial charge < -0.3 is 9.88 Å². The average Bonchev–Trinajstić information content (AvgIpc) is 3.31. The molecule has 128 valence electrons. The maximum Gasteiger partial charge on any atom is 0.270 e. The van der Waals surface area contributed by atoms with Gasteiger partial charge in [0.25, 0.3) is 5.91 Å². The molecule has 0 radical (unpaired) electrons. The number of para-hydroxylation sites is 1. The predicted octanol–water partition coefficient (Wildman–Crippen LogP) is 3.28. The molecule has 1 aromatic carbocycles. The maximum absolute atomic E-state index is 12.9. The van der Waals surface area contributed by atoms with E-state index in [2.05, 4.69) is 19.9 Å². The number of thiazole rings is 1. The highest BCUT2D eigenvalue weighted by atomic mass is 32.1. The Hall–Kier alpha value is -3.06. The number of nitrogens with zero attached hydrogens (tertiary/aromatic N) is 4. The van der Waals surface area contributed by atoms with Crippen molar-refractivity contribution in [2.24, 2.45) is 0 Å². The van der Waals surface area contributed by atoms with Gasteiger partial charge >= 0.3 is 0 Å². The largest absolute Gasteiger partial charge is 0.351 e. The predicted molar refractivity (Wildman–Crippen MR) is 99.9 cm³/mol. The molecule has 1 amide bonds. The SMILES string of the molecule is O=C(c1cc2ccccc2[nH]1)N1CCc2nc(-c3ncccn3)sc2C1. The topological polar surface area (TPSA) is 74.8 Å². The highest BCUT2D eigenvalue weighted by Crippen LogP contribution is 2.30. The van der Waals surface area contributed by atoms with Crippen LogP contribution in [0.4, 0.5) is 0 Å². The van der Waals surface area contributed by atoms with Gasteiger partial charge in [-0.2, -0.15) is 0 Å². The fraction of sp³-hybridized carbons (Fsp3) is 0.158. The van der Waals surface area contributed by atoms with Crippen LogP contribution in [-0.2, 0) is 13.0 Å². The number of aromatic nitrogens is 4. The standard InChI is InChI=1S/C19H15N5OS/c25-19(15-10-12-4-1-2-5-13(12)22-15)24-9-6-14-16(11-24)26-18(23-14)17-20-7-3-8-21-17/h1-5,7-8,10,22H,6,9,11H2. The lowest BCUT2D eigenvalue weighted by Gasteiger charge is -2.25. The number of hydrogen-bond acceptors (Lipinski definition) is 5. The lowest BCUT2D eigenvalue weighted by molar-refractivity contribution is 0.0731. The van der Waals surface area contributed by atoms with E-state index in [-0.39, 0.29) is 5.91 Å². The van der Waals surface area contributed by atoms with Crippen LogP contribution in [0, 0.1) is 0 Å². The van der Waals surface area contributed by atoms with Crippen molar-refractivity contribution in [1.82, 2.24) is 24.8 Å². The van der Waals surface area contributed by atoms with Crippen LogP contribution < -0.4 is 0 Å². The molecule has 0 spiro atoms. The van der Waals surface area contributed by atoms with E-state index in [0.717, 1.165) is 32.9 Å². The molecule has 3 aromatic heterocycles. The summed E-state index contributed by atoms with van der Waals surface area (Å²) in [5.74, 6) is 0.665. The monoisotopic (exact) mass is 361 g/mol. The molecule has 26 heavy (non-hydrogen) atoms. The minimum Gasteiger partial charge on any atom is -0.351 e. The van der Waals surface area contributed by atoms with E-state index >= 15 is 0 Å². The number of benzene rings is 1. The number of H-pyrrole nitrogens is 1. The molecule has 7 heteroatoms. The third kappa shape index (κ3) is 2.57. The highest BCUT2D eigenvalue weighted by molar-refractivity contribution is 7.15. The minimum atomic E-state index is 0.0257. The highest BCUT2D eigenvalue weighted by Gasteiger charge is 2.26. The Morgan fingerprint density at radius 1 is 1.15 bits per heavy atom. The summed E-state index contributed by atoms with van der Waals surface area (Å²) in [7, 11) is 0. The van der Waals surface area contributed by atoms with Crippen molar-refractivity contribution in [3.05, 3.63) is 65.1 Å². The molecule has 4 aromatic rings. The quantitative estimate of drug-likeness (QED) is 0.594. The number of aromatic amines is 1. The Balaban J connectivity index is 1.41. The van der Waals surface area contributed by atoms with Gasteiger partial charge in [0.05, 0.1) is 12.2 Å². The molecule has 1 N–H and O–H groups in total. The van der Waals surface area contributed by atoms with Crippen LogP contribution in [0.2, 0.25) is 0 Å². The van der Waals surface area contributed by atoms with Gasteiger partial charge in [0.2, 0.25) is 0 Å². The second kappa shape index (κ2) is 6.03.